The van der Waals surface area contributed by atoms with Gasteiger partial charge >= 0.3 is 0 Å². The van der Waals surface area contributed by atoms with Gasteiger partial charge in [-0.3, -0.25) is 0 Å². The fourth-order valence-electron chi connectivity index (χ4n) is 2.92. The normalized spacial score (nSPS) is 11.2. The molecule has 3 rings (SSSR count). The summed E-state index contributed by atoms with van der Waals surface area (Å²) in [6, 6.07) is 18.2. The second-order valence-corrected chi connectivity index (χ2v) is 7.07. The molecule has 0 unspecified atom stereocenters. The highest BCUT2D eigenvalue weighted by Gasteiger charge is 2.15. The van der Waals surface area contributed by atoms with Crippen LogP contribution in [0.3, 0.4) is 0 Å². The van der Waals surface area contributed by atoms with E-state index in [9.17, 15) is 0 Å². The summed E-state index contributed by atoms with van der Waals surface area (Å²) in [4.78, 5) is 2.18. The summed E-state index contributed by atoms with van der Waals surface area (Å²) in [6.45, 7) is 3.06. The largest absolute Gasteiger partial charge is 0.314 e. The van der Waals surface area contributed by atoms with Gasteiger partial charge in [-0.25, -0.2) is 0 Å². The number of aromatic nitrogens is 1. The number of hydrogen-bond acceptors (Lipinski definition) is 1. The smallest absolute Gasteiger partial charge is 0.0534 e. The molecule has 0 fully saturated rings. The Hall–Kier alpha value is -1.74. The van der Waals surface area contributed by atoms with Gasteiger partial charge in [0, 0.05) is 28.0 Å². The van der Waals surface area contributed by atoms with Crippen LogP contribution in [0.2, 0.25) is 10.0 Å². The van der Waals surface area contributed by atoms with E-state index in [4.69, 9.17) is 23.2 Å². The third kappa shape index (κ3) is 3.51. The third-order valence-corrected chi connectivity index (χ3v) is 4.57. The van der Waals surface area contributed by atoms with E-state index in [0.717, 1.165) is 33.5 Å². The van der Waals surface area contributed by atoms with Gasteiger partial charge in [-0.05, 0) is 74.6 Å². The summed E-state index contributed by atoms with van der Waals surface area (Å²) >= 11 is 12.1. The Morgan fingerprint density at radius 3 is 1.96 bits per heavy atom. The summed E-state index contributed by atoms with van der Waals surface area (Å²) in [6.07, 6.45) is 0. The molecule has 0 aliphatic heterocycles. The molecule has 2 aromatic carbocycles. The number of nitrogens with zero attached hydrogens (tertiary/aromatic N) is 2. The minimum Gasteiger partial charge on any atom is -0.314 e. The Bertz CT molecular complexity index is 831. The van der Waals surface area contributed by atoms with E-state index >= 15 is 0 Å². The van der Waals surface area contributed by atoms with E-state index in [1.807, 2.05) is 36.4 Å². The molecule has 0 N–H and O–H groups in total. The lowest BCUT2D eigenvalue weighted by molar-refractivity contribution is 0.401. The standard InChI is InChI=1S/C20H20Cl2N2/c1-14-16(13-23(2)3)12-20(15-4-6-17(21)7-5-15)24(14)19-10-8-18(22)9-11-19/h4-12H,13H2,1-3H3. The molecular weight excluding hydrogens is 339 g/mol. The lowest BCUT2D eigenvalue weighted by Gasteiger charge is -2.13. The highest BCUT2D eigenvalue weighted by molar-refractivity contribution is 6.30. The van der Waals surface area contributed by atoms with Crippen LogP contribution in [0.25, 0.3) is 16.9 Å². The monoisotopic (exact) mass is 358 g/mol. The molecule has 0 spiro atoms. The maximum absolute atomic E-state index is 6.06. The van der Waals surface area contributed by atoms with Gasteiger partial charge in [-0.2, -0.15) is 0 Å². The average Bonchev–Trinajstić information content (AvgIpc) is 2.85. The number of benzene rings is 2. The van der Waals surface area contributed by atoms with Crippen molar-refractivity contribution in [2.24, 2.45) is 0 Å². The van der Waals surface area contributed by atoms with Crippen LogP contribution >= 0.6 is 23.2 Å². The summed E-state index contributed by atoms with van der Waals surface area (Å²) < 4.78 is 2.28. The summed E-state index contributed by atoms with van der Waals surface area (Å²) in [7, 11) is 4.17. The van der Waals surface area contributed by atoms with Crippen LogP contribution in [-0.2, 0) is 6.54 Å². The molecule has 2 nitrogen and oxygen atoms in total. The molecule has 0 radical (unpaired) electrons. The Kier molecular flexibility index (Phi) is 5.00. The maximum atomic E-state index is 6.06. The molecule has 1 aromatic heterocycles. The number of halogens is 2. The fourth-order valence-corrected chi connectivity index (χ4v) is 3.17. The van der Waals surface area contributed by atoms with E-state index in [1.165, 1.54) is 11.3 Å². The van der Waals surface area contributed by atoms with Crippen molar-refractivity contribution in [1.82, 2.24) is 9.47 Å². The first-order valence-corrected chi connectivity index (χ1v) is 8.59. The van der Waals surface area contributed by atoms with Crippen LogP contribution in [0.15, 0.2) is 54.6 Å². The van der Waals surface area contributed by atoms with Crippen LogP contribution in [0, 0.1) is 6.92 Å². The molecule has 3 aromatic rings. The molecule has 0 amide bonds. The molecule has 0 saturated heterocycles. The van der Waals surface area contributed by atoms with Crippen LogP contribution in [-0.4, -0.2) is 23.6 Å². The van der Waals surface area contributed by atoms with E-state index in [2.05, 4.69) is 48.7 Å². The second-order valence-electron chi connectivity index (χ2n) is 6.20. The van der Waals surface area contributed by atoms with E-state index in [0.29, 0.717) is 0 Å². The number of rotatable bonds is 4. The fraction of sp³-hybridized carbons (Fsp3) is 0.200. The highest BCUT2D eigenvalue weighted by atomic mass is 35.5. The third-order valence-electron chi connectivity index (χ3n) is 4.06. The van der Waals surface area contributed by atoms with E-state index in [-0.39, 0.29) is 0 Å². The molecule has 0 saturated carbocycles. The summed E-state index contributed by atoms with van der Waals surface area (Å²) in [5.74, 6) is 0. The lowest BCUT2D eigenvalue weighted by Crippen LogP contribution is -2.11. The lowest BCUT2D eigenvalue weighted by atomic mass is 10.1. The van der Waals surface area contributed by atoms with Crippen molar-refractivity contribution in [3.8, 4) is 16.9 Å². The van der Waals surface area contributed by atoms with Gasteiger partial charge in [-0.15, -0.1) is 0 Å². The zero-order chi connectivity index (χ0) is 17.3. The van der Waals surface area contributed by atoms with Crippen LogP contribution < -0.4 is 0 Å². The van der Waals surface area contributed by atoms with Crippen molar-refractivity contribution in [3.63, 3.8) is 0 Å². The van der Waals surface area contributed by atoms with Gasteiger partial charge in [0.1, 0.15) is 0 Å². The molecule has 0 aliphatic carbocycles. The van der Waals surface area contributed by atoms with Gasteiger partial charge in [0.25, 0.3) is 0 Å². The Morgan fingerprint density at radius 2 is 1.42 bits per heavy atom. The quantitative estimate of drug-likeness (QED) is 0.570. The molecule has 0 aliphatic rings. The second kappa shape index (κ2) is 7.02. The SMILES string of the molecule is Cc1c(CN(C)C)cc(-c2ccc(Cl)cc2)n1-c1ccc(Cl)cc1. The van der Waals surface area contributed by atoms with Crippen molar-refractivity contribution in [2.45, 2.75) is 13.5 Å². The molecule has 1 heterocycles. The van der Waals surface area contributed by atoms with Crippen molar-refractivity contribution >= 4 is 23.2 Å². The zero-order valence-electron chi connectivity index (χ0n) is 14.1. The van der Waals surface area contributed by atoms with Crippen molar-refractivity contribution in [2.75, 3.05) is 14.1 Å². The van der Waals surface area contributed by atoms with E-state index in [1.54, 1.807) is 0 Å². The van der Waals surface area contributed by atoms with Gasteiger partial charge < -0.3 is 9.47 Å². The summed E-state index contributed by atoms with van der Waals surface area (Å²) in [5.41, 5.74) is 5.94. The molecule has 4 heteroatoms. The van der Waals surface area contributed by atoms with Crippen LogP contribution in [0.4, 0.5) is 0 Å². The minimum absolute atomic E-state index is 0.741. The molecular formula is C20H20Cl2N2. The first-order chi connectivity index (χ1) is 11.5. The van der Waals surface area contributed by atoms with Crippen molar-refractivity contribution in [3.05, 3.63) is 75.9 Å². The topological polar surface area (TPSA) is 8.17 Å². The van der Waals surface area contributed by atoms with Gasteiger partial charge in [0.2, 0.25) is 0 Å². The maximum Gasteiger partial charge on any atom is 0.0534 e. The van der Waals surface area contributed by atoms with Gasteiger partial charge in [0.05, 0.1) is 5.69 Å². The molecule has 124 valence electrons. The average molecular weight is 359 g/mol. The highest BCUT2D eigenvalue weighted by Crippen LogP contribution is 2.31. The first-order valence-electron chi connectivity index (χ1n) is 7.83. The van der Waals surface area contributed by atoms with E-state index < -0.39 is 0 Å². The first kappa shape index (κ1) is 17.1. The van der Waals surface area contributed by atoms with Crippen LogP contribution in [0.5, 0.6) is 0 Å². The Balaban J connectivity index is 2.18. The van der Waals surface area contributed by atoms with Crippen molar-refractivity contribution in [1.29, 1.82) is 0 Å². The Morgan fingerprint density at radius 1 is 0.875 bits per heavy atom. The zero-order valence-corrected chi connectivity index (χ0v) is 15.6. The molecule has 0 bridgehead atoms. The molecule has 24 heavy (non-hydrogen) atoms. The van der Waals surface area contributed by atoms with Crippen LogP contribution in [0.1, 0.15) is 11.3 Å². The molecule has 0 atom stereocenters. The minimum atomic E-state index is 0.741. The Labute approximate surface area is 153 Å². The number of hydrogen-bond donors (Lipinski definition) is 0. The van der Waals surface area contributed by atoms with Gasteiger partial charge in [0.15, 0.2) is 0 Å². The predicted octanol–water partition coefficient (Wildman–Crippen LogP) is 5.82. The predicted molar refractivity (Wildman–Crippen MR) is 103 cm³/mol. The summed E-state index contributed by atoms with van der Waals surface area (Å²) in [5, 5.41) is 1.48. The van der Waals surface area contributed by atoms with Gasteiger partial charge in [-0.1, -0.05) is 35.3 Å². The van der Waals surface area contributed by atoms with Crippen molar-refractivity contribution < 1.29 is 0 Å².